The monoisotopic (exact) mass is 555 g/mol. The summed E-state index contributed by atoms with van der Waals surface area (Å²) in [5.41, 5.74) is 0.897. The first kappa shape index (κ1) is 26.0. The Kier molecular flexibility index (Phi) is 8.18. The zero-order valence-electron chi connectivity index (χ0n) is 20.9. The number of likely N-dealkylation sites (tertiary alicyclic amines) is 1. The molecule has 4 rings (SSSR count). The maximum Gasteiger partial charge on any atom is 0.321 e. The van der Waals surface area contributed by atoms with Gasteiger partial charge in [0.1, 0.15) is 12.1 Å². The van der Waals surface area contributed by atoms with Gasteiger partial charge in [-0.25, -0.2) is 4.79 Å². The highest BCUT2D eigenvalue weighted by atomic mass is 79.9. The lowest BCUT2D eigenvalue weighted by atomic mass is 9.85. The fourth-order valence-electron chi connectivity index (χ4n) is 4.80. The molecule has 2 saturated heterocycles. The summed E-state index contributed by atoms with van der Waals surface area (Å²) in [6.07, 6.45) is 1.98. The van der Waals surface area contributed by atoms with E-state index < -0.39 is 5.54 Å². The molecule has 2 aromatic carbocycles. The second kappa shape index (κ2) is 11.3. The molecule has 2 fully saturated rings. The maximum atomic E-state index is 13.8. The van der Waals surface area contributed by atoms with Gasteiger partial charge in [-0.3, -0.25) is 9.59 Å². The van der Waals surface area contributed by atoms with Crippen LogP contribution in [0.1, 0.15) is 33.1 Å². The van der Waals surface area contributed by atoms with Crippen LogP contribution in [0.15, 0.2) is 59.1 Å². The van der Waals surface area contributed by atoms with Crippen LogP contribution in [0.2, 0.25) is 0 Å². The number of rotatable bonds is 7. The van der Waals surface area contributed by atoms with E-state index >= 15 is 0 Å². The number of nitrogens with zero attached hydrogens (tertiary/aromatic N) is 3. The van der Waals surface area contributed by atoms with Gasteiger partial charge >= 0.3 is 6.03 Å². The third-order valence-electron chi connectivity index (χ3n) is 7.23. The number of amides is 4. The smallest absolute Gasteiger partial charge is 0.321 e. The molecule has 2 N–H and O–H groups in total. The van der Waals surface area contributed by atoms with Gasteiger partial charge < -0.3 is 25.3 Å². The van der Waals surface area contributed by atoms with E-state index in [4.69, 9.17) is 0 Å². The van der Waals surface area contributed by atoms with E-state index in [-0.39, 0.29) is 24.4 Å². The molecule has 2 aromatic rings. The highest BCUT2D eigenvalue weighted by Gasteiger charge is 2.54. The van der Waals surface area contributed by atoms with Crippen LogP contribution in [0.3, 0.4) is 0 Å². The lowest BCUT2D eigenvalue weighted by Gasteiger charge is -2.43. The maximum absolute atomic E-state index is 13.8. The second-order valence-corrected chi connectivity index (χ2v) is 10.6. The highest BCUT2D eigenvalue weighted by Crippen LogP contribution is 2.39. The average molecular weight is 557 g/mol. The van der Waals surface area contributed by atoms with Crippen molar-refractivity contribution in [2.75, 3.05) is 43.1 Å². The number of carbonyl (C=O) groups is 3. The van der Waals surface area contributed by atoms with Crippen molar-refractivity contribution >= 4 is 45.2 Å². The van der Waals surface area contributed by atoms with Crippen molar-refractivity contribution in [3.8, 4) is 0 Å². The summed E-state index contributed by atoms with van der Waals surface area (Å²) < 4.78 is 0.944. The van der Waals surface area contributed by atoms with Gasteiger partial charge in [0.25, 0.3) is 5.91 Å². The number of piperidine rings is 1. The van der Waals surface area contributed by atoms with Gasteiger partial charge in [-0.1, -0.05) is 54.4 Å². The fraction of sp³-hybridized carbons (Fsp3) is 0.444. The third-order valence-corrected chi connectivity index (χ3v) is 7.76. The van der Waals surface area contributed by atoms with Gasteiger partial charge in [0.15, 0.2) is 0 Å². The Hall–Kier alpha value is -3.07. The van der Waals surface area contributed by atoms with Gasteiger partial charge in [0.2, 0.25) is 5.91 Å². The van der Waals surface area contributed by atoms with Crippen molar-refractivity contribution in [1.29, 1.82) is 0 Å². The van der Waals surface area contributed by atoms with Crippen LogP contribution in [-0.4, -0.2) is 66.0 Å². The Morgan fingerprint density at radius 3 is 2.36 bits per heavy atom. The summed E-state index contributed by atoms with van der Waals surface area (Å²) in [5.74, 6) is 0.210. The van der Waals surface area contributed by atoms with Crippen LogP contribution in [0.4, 0.5) is 16.2 Å². The topological polar surface area (TPSA) is 85.0 Å². The van der Waals surface area contributed by atoms with E-state index in [0.29, 0.717) is 45.1 Å². The van der Waals surface area contributed by atoms with Crippen molar-refractivity contribution in [3.63, 3.8) is 0 Å². The Bertz CT molecular complexity index is 1070. The summed E-state index contributed by atoms with van der Waals surface area (Å²) >= 11 is 3.40. The van der Waals surface area contributed by atoms with E-state index in [1.807, 2.05) is 54.6 Å². The predicted molar refractivity (Wildman–Crippen MR) is 145 cm³/mol. The Morgan fingerprint density at radius 1 is 1.06 bits per heavy atom. The van der Waals surface area contributed by atoms with Crippen molar-refractivity contribution < 1.29 is 14.4 Å². The van der Waals surface area contributed by atoms with Crippen LogP contribution in [0, 0.1) is 5.92 Å². The van der Waals surface area contributed by atoms with Crippen molar-refractivity contribution in [2.45, 2.75) is 38.6 Å². The van der Waals surface area contributed by atoms with Crippen molar-refractivity contribution in [3.05, 3.63) is 59.1 Å². The van der Waals surface area contributed by atoms with Gasteiger partial charge in [0, 0.05) is 35.5 Å². The van der Waals surface area contributed by atoms with Crippen LogP contribution in [-0.2, 0) is 9.59 Å². The Morgan fingerprint density at radius 2 is 1.72 bits per heavy atom. The standard InChI is InChI=1S/C27H34BrN5O3/c1-3-20(2)17-29-24(34)18-32-19-33(23-7-5-4-6-8-23)27(25(32)35)13-15-31(16-14-27)26(36)30-22-11-9-21(28)10-12-22/h4-12,20H,3,13-19H2,1-2H3,(H,29,34)(H,30,36). The van der Waals surface area contributed by atoms with E-state index in [0.717, 1.165) is 22.3 Å². The predicted octanol–water partition coefficient (Wildman–Crippen LogP) is 4.28. The number of halogens is 1. The number of hydrogen-bond acceptors (Lipinski definition) is 4. The average Bonchev–Trinajstić information content (AvgIpc) is 3.15. The van der Waals surface area contributed by atoms with E-state index in [9.17, 15) is 14.4 Å². The molecule has 192 valence electrons. The molecule has 2 aliphatic heterocycles. The van der Waals surface area contributed by atoms with Gasteiger partial charge in [-0.2, -0.15) is 0 Å². The number of hydrogen-bond donors (Lipinski definition) is 2. The zero-order chi connectivity index (χ0) is 25.7. The highest BCUT2D eigenvalue weighted by molar-refractivity contribution is 9.10. The molecule has 1 atom stereocenters. The largest absolute Gasteiger partial charge is 0.354 e. The Labute approximate surface area is 221 Å². The minimum atomic E-state index is -0.771. The summed E-state index contributed by atoms with van der Waals surface area (Å²) in [6, 6.07) is 17.1. The SMILES string of the molecule is CCC(C)CNC(=O)CN1CN(c2ccccc2)C2(CCN(C(=O)Nc3ccc(Br)cc3)CC2)C1=O. The molecule has 0 saturated carbocycles. The summed E-state index contributed by atoms with van der Waals surface area (Å²) in [4.78, 5) is 44.8. The number of para-hydroxylation sites is 1. The third kappa shape index (κ3) is 5.67. The summed E-state index contributed by atoms with van der Waals surface area (Å²) in [7, 11) is 0. The van der Waals surface area contributed by atoms with E-state index in [1.54, 1.807) is 9.80 Å². The molecule has 0 aromatic heterocycles. The van der Waals surface area contributed by atoms with Gasteiger partial charge in [-0.15, -0.1) is 0 Å². The van der Waals surface area contributed by atoms with Gasteiger partial charge in [0.05, 0.1) is 6.67 Å². The second-order valence-electron chi connectivity index (χ2n) is 9.68. The minimum absolute atomic E-state index is 0.0358. The van der Waals surface area contributed by atoms with Gasteiger partial charge in [-0.05, 0) is 55.2 Å². The molecule has 8 nitrogen and oxygen atoms in total. The summed E-state index contributed by atoms with van der Waals surface area (Å²) in [6.45, 7) is 6.07. The first-order valence-electron chi connectivity index (χ1n) is 12.5. The minimum Gasteiger partial charge on any atom is -0.354 e. The lowest BCUT2D eigenvalue weighted by Crippen LogP contribution is -2.58. The number of benzene rings is 2. The molecule has 0 radical (unpaired) electrons. The molecule has 0 bridgehead atoms. The molecule has 1 unspecified atom stereocenters. The molecular formula is C27H34BrN5O3. The number of nitrogens with one attached hydrogen (secondary N) is 2. The van der Waals surface area contributed by atoms with Crippen LogP contribution in [0.5, 0.6) is 0 Å². The van der Waals surface area contributed by atoms with Crippen LogP contribution >= 0.6 is 15.9 Å². The van der Waals surface area contributed by atoms with Crippen LogP contribution in [0.25, 0.3) is 0 Å². The Balaban J connectivity index is 1.46. The zero-order valence-corrected chi connectivity index (χ0v) is 22.5. The van der Waals surface area contributed by atoms with E-state index in [2.05, 4.69) is 45.3 Å². The molecule has 9 heteroatoms. The van der Waals surface area contributed by atoms with Crippen molar-refractivity contribution in [1.82, 2.24) is 15.1 Å². The molecule has 2 heterocycles. The normalized spacial score (nSPS) is 17.9. The summed E-state index contributed by atoms with van der Waals surface area (Å²) in [5, 5.41) is 5.90. The number of urea groups is 1. The molecule has 36 heavy (non-hydrogen) atoms. The fourth-order valence-corrected chi connectivity index (χ4v) is 5.06. The lowest BCUT2D eigenvalue weighted by molar-refractivity contribution is -0.137. The molecule has 4 amide bonds. The molecular weight excluding hydrogens is 522 g/mol. The molecule has 2 aliphatic rings. The quantitative estimate of drug-likeness (QED) is 0.533. The number of carbonyl (C=O) groups excluding carboxylic acids is 3. The molecule has 0 aliphatic carbocycles. The molecule has 1 spiro atoms. The number of anilines is 2. The van der Waals surface area contributed by atoms with Crippen molar-refractivity contribution in [2.24, 2.45) is 5.92 Å². The van der Waals surface area contributed by atoms with Crippen LogP contribution < -0.4 is 15.5 Å². The first-order chi connectivity index (χ1) is 17.3. The first-order valence-corrected chi connectivity index (χ1v) is 13.3. The van der Waals surface area contributed by atoms with E-state index in [1.165, 1.54) is 0 Å².